The molecule has 3 unspecified atom stereocenters. The van der Waals surface area contributed by atoms with Crippen LogP contribution in [0.25, 0.3) is 0 Å². The number of hydrogen-bond acceptors (Lipinski definition) is 3. The summed E-state index contributed by atoms with van der Waals surface area (Å²) >= 11 is 0. The fourth-order valence-electron chi connectivity index (χ4n) is 3.23. The number of rotatable bonds is 6. The summed E-state index contributed by atoms with van der Waals surface area (Å²) in [4.78, 5) is 4.08. The maximum Gasteiger partial charge on any atom is 0.123 e. The Morgan fingerprint density at radius 3 is 2.95 bits per heavy atom. The molecule has 0 bridgehead atoms. The van der Waals surface area contributed by atoms with E-state index in [0.717, 1.165) is 24.8 Å². The molecule has 106 valence electrons. The molecule has 19 heavy (non-hydrogen) atoms. The van der Waals surface area contributed by atoms with Crippen molar-refractivity contribution in [1.82, 2.24) is 10.3 Å². The van der Waals surface area contributed by atoms with Gasteiger partial charge in [-0.25, -0.2) is 4.98 Å². The van der Waals surface area contributed by atoms with Crippen molar-refractivity contribution in [2.45, 2.75) is 52.0 Å². The van der Waals surface area contributed by atoms with Gasteiger partial charge in [0.15, 0.2) is 0 Å². The monoisotopic (exact) mass is 261 g/mol. The van der Waals surface area contributed by atoms with Gasteiger partial charge in [0.2, 0.25) is 0 Å². The molecule has 0 spiro atoms. The van der Waals surface area contributed by atoms with E-state index in [1.165, 1.54) is 31.2 Å². The molecule has 1 aromatic rings. The molecule has 1 aromatic heterocycles. The fourth-order valence-corrected chi connectivity index (χ4v) is 3.23. The Hall–Kier alpha value is -1.09. The topological polar surface area (TPSA) is 50.9 Å². The van der Waals surface area contributed by atoms with Crippen LogP contribution in [0.1, 0.15) is 45.1 Å². The van der Waals surface area contributed by atoms with Crippen LogP contribution in [0.3, 0.4) is 0 Å². The van der Waals surface area contributed by atoms with Crippen molar-refractivity contribution in [1.29, 1.82) is 0 Å². The van der Waals surface area contributed by atoms with E-state index in [1.807, 2.05) is 12.3 Å². The molecule has 3 nitrogen and oxygen atoms in total. The second-order valence-corrected chi connectivity index (χ2v) is 6.03. The van der Waals surface area contributed by atoms with Crippen molar-refractivity contribution < 1.29 is 0 Å². The molecular weight excluding hydrogens is 234 g/mol. The Labute approximate surface area is 117 Å². The fraction of sp³-hybridized carbons (Fsp3) is 0.688. The molecule has 1 aliphatic carbocycles. The second-order valence-electron chi connectivity index (χ2n) is 6.03. The quantitative estimate of drug-likeness (QED) is 0.827. The summed E-state index contributed by atoms with van der Waals surface area (Å²) in [6.07, 6.45) is 8.19. The van der Waals surface area contributed by atoms with Gasteiger partial charge in [0.25, 0.3) is 0 Å². The summed E-state index contributed by atoms with van der Waals surface area (Å²) in [5.41, 5.74) is 7.08. The Balaban J connectivity index is 2.00. The number of nitrogen functional groups attached to an aromatic ring is 1. The number of pyridine rings is 1. The molecule has 0 aliphatic heterocycles. The lowest BCUT2D eigenvalue weighted by atomic mass is 9.91. The molecule has 1 aliphatic rings. The van der Waals surface area contributed by atoms with Gasteiger partial charge in [-0.3, -0.25) is 0 Å². The van der Waals surface area contributed by atoms with Crippen LogP contribution in [0.15, 0.2) is 18.3 Å². The van der Waals surface area contributed by atoms with E-state index in [1.54, 1.807) is 0 Å². The van der Waals surface area contributed by atoms with Crippen molar-refractivity contribution in [3.8, 4) is 0 Å². The molecule has 3 heteroatoms. The third-order valence-corrected chi connectivity index (χ3v) is 4.26. The van der Waals surface area contributed by atoms with Gasteiger partial charge in [0, 0.05) is 12.2 Å². The highest BCUT2D eigenvalue weighted by molar-refractivity contribution is 5.32. The van der Waals surface area contributed by atoms with Crippen molar-refractivity contribution in [3.05, 3.63) is 23.9 Å². The number of nitrogens with two attached hydrogens (primary N) is 1. The predicted molar refractivity (Wildman–Crippen MR) is 80.9 cm³/mol. The first-order valence-electron chi connectivity index (χ1n) is 7.62. The highest BCUT2D eigenvalue weighted by Crippen LogP contribution is 2.33. The number of nitrogens with one attached hydrogen (secondary N) is 1. The predicted octanol–water partition coefficient (Wildman–Crippen LogP) is 3.01. The van der Waals surface area contributed by atoms with E-state index in [0.29, 0.717) is 11.9 Å². The average Bonchev–Trinajstić information content (AvgIpc) is 2.81. The van der Waals surface area contributed by atoms with Crippen LogP contribution < -0.4 is 11.1 Å². The Morgan fingerprint density at radius 1 is 1.47 bits per heavy atom. The van der Waals surface area contributed by atoms with Crippen molar-refractivity contribution in [3.63, 3.8) is 0 Å². The zero-order valence-electron chi connectivity index (χ0n) is 12.2. The van der Waals surface area contributed by atoms with E-state index in [9.17, 15) is 0 Å². The van der Waals surface area contributed by atoms with Crippen molar-refractivity contribution >= 4 is 5.82 Å². The van der Waals surface area contributed by atoms with Gasteiger partial charge in [0.1, 0.15) is 5.82 Å². The summed E-state index contributed by atoms with van der Waals surface area (Å²) in [7, 11) is 0. The van der Waals surface area contributed by atoms with Crippen molar-refractivity contribution in [2.24, 2.45) is 11.8 Å². The first-order chi connectivity index (χ1) is 9.19. The van der Waals surface area contributed by atoms with Crippen LogP contribution in [0.4, 0.5) is 5.82 Å². The van der Waals surface area contributed by atoms with Crippen LogP contribution >= 0.6 is 0 Å². The molecule has 0 aromatic carbocycles. The molecule has 1 heterocycles. The molecule has 0 amide bonds. The minimum Gasteiger partial charge on any atom is -0.384 e. The van der Waals surface area contributed by atoms with Gasteiger partial charge in [-0.05, 0) is 61.8 Å². The first kappa shape index (κ1) is 14.3. The molecule has 1 fully saturated rings. The third kappa shape index (κ3) is 4.20. The van der Waals surface area contributed by atoms with Gasteiger partial charge >= 0.3 is 0 Å². The molecular formula is C16H27N3. The average molecular weight is 261 g/mol. The van der Waals surface area contributed by atoms with Gasteiger partial charge in [-0.2, -0.15) is 0 Å². The smallest absolute Gasteiger partial charge is 0.123 e. The first-order valence-corrected chi connectivity index (χ1v) is 7.62. The lowest BCUT2D eigenvalue weighted by Crippen LogP contribution is -2.37. The number of anilines is 1. The van der Waals surface area contributed by atoms with Crippen LogP contribution in [0, 0.1) is 11.8 Å². The van der Waals surface area contributed by atoms with E-state index in [-0.39, 0.29) is 0 Å². The van der Waals surface area contributed by atoms with E-state index < -0.39 is 0 Å². The molecule has 2 rings (SSSR count). The van der Waals surface area contributed by atoms with Gasteiger partial charge in [-0.1, -0.05) is 20.3 Å². The van der Waals surface area contributed by atoms with Gasteiger partial charge in [0.05, 0.1) is 0 Å². The van der Waals surface area contributed by atoms with Crippen molar-refractivity contribution in [2.75, 3.05) is 12.3 Å². The lowest BCUT2D eigenvalue weighted by molar-refractivity contribution is 0.348. The molecule has 0 radical (unpaired) electrons. The maximum absolute atomic E-state index is 5.78. The largest absolute Gasteiger partial charge is 0.384 e. The number of nitrogens with zero attached hydrogens (tertiary/aromatic N) is 1. The SMILES string of the molecule is CCCNC(Cc1ccnc(N)c1)C1CCC(C)C1. The normalized spacial score (nSPS) is 24.5. The molecule has 1 saturated carbocycles. The van der Waals surface area contributed by atoms with Crippen LogP contribution in [-0.2, 0) is 6.42 Å². The molecule has 3 atom stereocenters. The highest BCUT2D eigenvalue weighted by Gasteiger charge is 2.28. The summed E-state index contributed by atoms with van der Waals surface area (Å²) in [5.74, 6) is 2.33. The zero-order valence-corrected chi connectivity index (χ0v) is 12.2. The van der Waals surface area contributed by atoms with Crippen LogP contribution in [-0.4, -0.2) is 17.6 Å². The summed E-state index contributed by atoms with van der Waals surface area (Å²) < 4.78 is 0. The minimum absolute atomic E-state index is 0.590. The summed E-state index contributed by atoms with van der Waals surface area (Å²) in [6.45, 7) is 5.71. The maximum atomic E-state index is 5.78. The molecule has 0 saturated heterocycles. The van der Waals surface area contributed by atoms with Gasteiger partial charge < -0.3 is 11.1 Å². The van der Waals surface area contributed by atoms with E-state index >= 15 is 0 Å². The lowest BCUT2D eigenvalue weighted by Gasteiger charge is -2.25. The Bertz CT molecular complexity index is 391. The molecule has 3 N–H and O–H groups in total. The van der Waals surface area contributed by atoms with Crippen LogP contribution in [0.5, 0.6) is 0 Å². The minimum atomic E-state index is 0.590. The second kappa shape index (κ2) is 6.90. The Morgan fingerprint density at radius 2 is 2.32 bits per heavy atom. The van der Waals surface area contributed by atoms with Crippen LogP contribution in [0.2, 0.25) is 0 Å². The third-order valence-electron chi connectivity index (χ3n) is 4.26. The number of hydrogen-bond donors (Lipinski definition) is 2. The highest BCUT2D eigenvalue weighted by atomic mass is 14.9. The van der Waals surface area contributed by atoms with E-state index in [4.69, 9.17) is 5.73 Å². The standard InChI is InChI=1S/C16H27N3/c1-3-7-18-15(14-5-4-12(2)9-14)10-13-6-8-19-16(17)11-13/h6,8,11-12,14-15,18H,3-5,7,9-10H2,1-2H3,(H2,17,19). The summed E-state index contributed by atoms with van der Waals surface area (Å²) in [5, 5.41) is 3.74. The number of aromatic nitrogens is 1. The van der Waals surface area contributed by atoms with Gasteiger partial charge in [-0.15, -0.1) is 0 Å². The van der Waals surface area contributed by atoms with E-state index in [2.05, 4.69) is 30.2 Å². The summed E-state index contributed by atoms with van der Waals surface area (Å²) in [6, 6.07) is 4.70. The Kier molecular flexibility index (Phi) is 5.20. The zero-order chi connectivity index (χ0) is 13.7.